The monoisotopic (exact) mass is 566 g/mol. The molecule has 1 aliphatic rings. The molecule has 0 saturated carbocycles. The van der Waals surface area contributed by atoms with Crippen LogP contribution in [0.15, 0.2) is 57.9 Å². The first-order valence-electron chi connectivity index (χ1n) is 11.2. The van der Waals surface area contributed by atoms with Crippen LogP contribution in [0.25, 0.3) is 11.0 Å². The van der Waals surface area contributed by atoms with E-state index in [0.717, 1.165) is 34.8 Å². The van der Waals surface area contributed by atoms with Crippen molar-refractivity contribution < 1.29 is 13.9 Å². The van der Waals surface area contributed by atoms with Gasteiger partial charge in [0.2, 0.25) is 0 Å². The molecule has 1 saturated heterocycles. The Hall–Kier alpha value is -2.33. The van der Waals surface area contributed by atoms with Crippen molar-refractivity contribution in [2.45, 2.75) is 39.0 Å². The van der Waals surface area contributed by atoms with Gasteiger partial charge >= 0.3 is 0 Å². The van der Waals surface area contributed by atoms with E-state index in [1.165, 1.54) is 0 Å². The minimum atomic E-state index is -0.274. The van der Waals surface area contributed by atoms with E-state index in [4.69, 9.17) is 9.41 Å². The Kier molecular flexibility index (Phi) is 8.96. The van der Waals surface area contributed by atoms with Gasteiger partial charge in [-0.15, -0.1) is 24.0 Å². The van der Waals surface area contributed by atoms with Crippen molar-refractivity contribution in [3.8, 4) is 0 Å². The van der Waals surface area contributed by atoms with Gasteiger partial charge in [-0.3, -0.25) is 0 Å². The summed E-state index contributed by atoms with van der Waals surface area (Å²) in [7, 11) is 1.96. The van der Waals surface area contributed by atoms with Crippen LogP contribution in [0.4, 0.5) is 10.1 Å². The van der Waals surface area contributed by atoms with Crippen LogP contribution in [0.1, 0.15) is 31.1 Å². The van der Waals surface area contributed by atoms with Gasteiger partial charge in [0.25, 0.3) is 0 Å². The molecule has 1 aromatic heterocycles. The maximum atomic E-state index is 14.8. The number of halogens is 2. The topological polar surface area (TPSA) is 64.2 Å². The number of hydrogen-bond donors (Lipinski definition) is 2. The fourth-order valence-corrected chi connectivity index (χ4v) is 4.07. The summed E-state index contributed by atoms with van der Waals surface area (Å²) in [5, 5.41) is 14.1. The number of rotatable bonds is 6. The standard InChI is InChI=1S/C25H31FN4O2.HI/c1-3-27-25(29(2)17-21-15-19-6-4-5-7-24(19)32-21)28-16-18-8-9-23(22(26)14-18)30-12-10-20(31)11-13-30;/h4-9,14-15,20,31H,3,10-13,16-17H2,1-2H3,(H,27,28);1H. The first-order valence-corrected chi connectivity index (χ1v) is 11.2. The van der Waals surface area contributed by atoms with E-state index in [1.54, 1.807) is 6.07 Å². The maximum absolute atomic E-state index is 14.8. The third-order valence-electron chi connectivity index (χ3n) is 5.79. The van der Waals surface area contributed by atoms with Crippen LogP contribution in [0.2, 0.25) is 0 Å². The summed E-state index contributed by atoms with van der Waals surface area (Å²) in [5.41, 5.74) is 2.28. The first kappa shape index (κ1) is 25.3. The van der Waals surface area contributed by atoms with E-state index >= 15 is 0 Å². The first-order chi connectivity index (χ1) is 15.5. The highest BCUT2D eigenvalue weighted by molar-refractivity contribution is 14.0. The quantitative estimate of drug-likeness (QED) is 0.256. The number of nitrogens with one attached hydrogen (secondary N) is 1. The molecule has 0 bridgehead atoms. The number of guanidine groups is 1. The molecule has 2 aromatic carbocycles. The Balaban J connectivity index is 0.00000306. The molecular weight excluding hydrogens is 534 g/mol. The second-order valence-electron chi connectivity index (χ2n) is 8.28. The van der Waals surface area contributed by atoms with Gasteiger partial charge in [0, 0.05) is 32.1 Å². The molecule has 0 aliphatic carbocycles. The van der Waals surface area contributed by atoms with E-state index in [0.29, 0.717) is 44.7 Å². The van der Waals surface area contributed by atoms with Gasteiger partial charge in [-0.05, 0) is 49.6 Å². The molecule has 0 spiro atoms. The molecule has 0 amide bonds. The smallest absolute Gasteiger partial charge is 0.194 e. The highest BCUT2D eigenvalue weighted by Gasteiger charge is 2.19. The van der Waals surface area contributed by atoms with Crippen molar-refractivity contribution in [3.05, 3.63) is 65.7 Å². The summed E-state index contributed by atoms with van der Waals surface area (Å²) >= 11 is 0. The molecule has 1 aliphatic heterocycles. The molecule has 4 rings (SSSR count). The van der Waals surface area contributed by atoms with Gasteiger partial charge in [0.05, 0.1) is 24.9 Å². The number of para-hydroxylation sites is 1. The minimum absolute atomic E-state index is 0. The fraction of sp³-hybridized carbons (Fsp3) is 0.400. The lowest BCUT2D eigenvalue weighted by Gasteiger charge is -2.31. The van der Waals surface area contributed by atoms with Crippen LogP contribution in [-0.4, -0.2) is 48.8 Å². The number of hydrogen-bond acceptors (Lipinski definition) is 4. The van der Waals surface area contributed by atoms with Crippen LogP contribution < -0.4 is 10.2 Å². The summed E-state index contributed by atoms with van der Waals surface area (Å²) < 4.78 is 20.7. The largest absolute Gasteiger partial charge is 0.459 e. The zero-order valence-corrected chi connectivity index (χ0v) is 21.5. The second-order valence-corrected chi connectivity index (χ2v) is 8.28. The number of aliphatic hydroxyl groups excluding tert-OH is 1. The van der Waals surface area contributed by atoms with Gasteiger partial charge in [0.15, 0.2) is 5.96 Å². The summed E-state index contributed by atoms with van der Waals surface area (Å²) in [5.74, 6) is 1.36. The zero-order valence-electron chi connectivity index (χ0n) is 19.1. The van der Waals surface area contributed by atoms with Crippen molar-refractivity contribution >= 4 is 46.6 Å². The average molecular weight is 566 g/mol. The predicted octanol–water partition coefficient (Wildman–Crippen LogP) is 4.75. The fourth-order valence-electron chi connectivity index (χ4n) is 4.07. The number of aliphatic hydroxyl groups is 1. The zero-order chi connectivity index (χ0) is 22.5. The molecule has 2 heterocycles. The number of nitrogens with zero attached hydrogens (tertiary/aromatic N) is 3. The number of aliphatic imine (C=N–C) groups is 1. The minimum Gasteiger partial charge on any atom is -0.459 e. The predicted molar refractivity (Wildman–Crippen MR) is 142 cm³/mol. The highest BCUT2D eigenvalue weighted by Crippen LogP contribution is 2.25. The van der Waals surface area contributed by atoms with Gasteiger partial charge in [-0.1, -0.05) is 24.3 Å². The van der Waals surface area contributed by atoms with Gasteiger partial charge in [-0.25, -0.2) is 9.38 Å². The van der Waals surface area contributed by atoms with Gasteiger partial charge in [-0.2, -0.15) is 0 Å². The van der Waals surface area contributed by atoms with Crippen LogP contribution in [0, 0.1) is 5.82 Å². The summed E-state index contributed by atoms with van der Waals surface area (Å²) in [6.07, 6.45) is 1.08. The van der Waals surface area contributed by atoms with Gasteiger partial charge < -0.3 is 24.6 Å². The average Bonchev–Trinajstić information content (AvgIpc) is 3.19. The van der Waals surface area contributed by atoms with E-state index in [2.05, 4.69) is 5.32 Å². The van der Waals surface area contributed by atoms with Crippen molar-refractivity contribution in [1.29, 1.82) is 0 Å². The molecular formula is C25H32FIN4O2. The molecule has 0 radical (unpaired) electrons. The highest BCUT2D eigenvalue weighted by atomic mass is 127. The summed E-state index contributed by atoms with van der Waals surface area (Å²) in [6.45, 7) is 5.06. The third-order valence-corrected chi connectivity index (χ3v) is 5.79. The molecule has 0 unspecified atom stereocenters. The number of fused-ring (bicyclic) bond motifs is 1. The van der Waals surface area contributed by atoms with E-state index < -0.39 is 0 Å². The lowest BCUT2D eigenvalue weighted by molar-refractivity contribution is 0.145. The Labute approximate surface area is 211 Å². The number of piperidine rings is 1. The molecule has 0 atom stereocenters. The van der Waals surface area contributed by atoms with Crippen LogP contribution in [0.5, 0.6) is 0 Å². The number of anilines is 1. The lowest BCUT2D eigenvalue weighted by Crippen LogP contribution is -2.38. The summed E-state index contributed by atoms with van der Waals surface area (Å²) in [6, 6.07) is 15.3. The SMILES string of the molecule is CCNC(=NCc1ccc(N2CCC(O)CC2)c(F)c1)N(C)Cc1cc2ccccc2o1.I. The van der Waals surface area contributed by atoms with Crippen molar-refractivity contribution in [2.75, 3.05) is 31.6 Å². The Morgan fingerprint density at radius 2 is 1.97 bits per heavy atom. The lowest BCUT2D eigenvalue weighted by atomic mass is 10.1. The molecule has 6 nitrogen and oxygen atoms in total. The van der Waals surface area contributed by atoms with Gasteiger partial charge in [0.1, 0.15) is 17.2 Å². The third kappa shape index (κ3) is 6.38. The van der Waals surface area contributed by atoms with E-state index in [9.17, 15) is 9.50 Å². The van der Waals surface area contributed by atoms with Crippen LogP contribution in [-0.2, 0) is 13.1 Å². The molecule has 2 N–H and O–H groups in total. The van der Waals surface area contributed by atoms with Crippen molar-refractivity contribution in [3.63, 3.8) is 0 Å². The second kappa shape index (κ2) is 11.7. The molecule has 8 heteroatoms. The van der Waals surface area contributed by atoms with E-state index in [1.807, 2.05) is 66.2 Å². The Morgan fingerprint density at radius 3 is 2.67 bits per heavy atom. The van der Waals surface area contributed by atoms with Crippen LogP contribution in [0.3, 0.4) is 0 Å². The van der Waals surface area contributed by atoms with E-state index in [-0.39, 0.29) is 35.9 Å². The number of benzene rings is 2. The Bertz CT molecular complexity index is 1050. The Morgan fingerprint density at radius 1 is 1.21 bits per heavy atom. The normalized spacial score (nSPS) is 14.9. The van der Waals surface area contributed by atoms with Crippen molar-refractivity contribution in [1.82, 2.24) is 10.2 Å². The van der Waals surface area contributed by atoms with Crippen LogP contribution >= 0.6 is 24.0 Å². The molecule has 1 fully saturated rings. The molecule has 3 aromatic rings. The van der Waals surface area contributed by atoms with Crippen molar-refractivity contribution in [2.24, 2.45) is 4.99 Å². The molecule has 33 heavy (non-hydrogen) atoms. The molecule has 178 valence electrons. The number of furan rings is 1. The maximum Gasteiger partial charge on any atom is 0.194 e. The summed E-state index contributed by atoms with van der Waals surface area (Å²) in [4.78, 5) is 8.71.